The van der Waals surface area contributed by atoms with Gasteiger partial charge in [-0.1, -0.05) is 25.0 Å². The maximum Gasteiger partial charge on any atom is 0.237 e. The first-order valence-electron chi connectivity index (χ1n) is 10.4. The molecule has 0 spiro atoms. The molecule has 0 radical (unpaired) electrons. The Morgan fingerprint density at radius 2 is 1.81 bits per heavy atom. The number of nitrogens with zero attached hydrogens (tertiary/aromatic N) is 1. The highest BCUT2D eigenvalue weighted by Crippen LogP contribution is 2.54. The monoisotopic (exact) mass is 372 g/mol. The smallest absolute Gasteiger partial charge is 0.237 e. The maximum absolute atomic E-state index is 13.0. The highest BCUT2D eigenvalue weighted by molar-refractivity contribution is 5.82. The first kappa shape index (κ1) is 18.8. The number of ether oxygens (including phenoxy) is 2. The van der Waals surface area contributed by atoms with Crippen molar-refractivity contribution in [1.29, 1.82) is 0 Å². The Morgan fingerprint density at radius 3 is 2.48 bits per heavy atom. The molecule has 0 bridgehead atoms. The number of carbonyl (C=O) groups is 1. The van der Waals surface area contributed by atoms with Crippen molar-refractivity contribution < 1.29 is 14.3 Å². The molecular formula is C22H32N2O3. The van der Waals surface area contributed by atoms with E-state index in [9.17, 15) is 4.79 Å². The van der Waals surface area contributed by atoms with Gasteiger partial charge in [0.15, 0.2) is 0 Å². The van der Waals surface area contributed by atoms with Crippen LogP contribution in [0.15, 0.2) is 24.3 Å². The summed E-state index contributed by atoms with van der Waals surface area (Å²) in [5.74, 6) is 2.83. The van der Waals surface area contributed by atoms with Crippen molar-refractivity contribution in [2.24, 2.45) is 11.8 Å². The molecule has 148 valence electrons. The molecular weight excluding hydrogens is 340 g/mol. The molecule has 3 aliphatic rings. The van der Waals surface area contributed by atoms with E-state index < -0.39 is 0 Å². The molecule has 5 nitrogen and oxygen atoms in total. The fraction of sp³-hybridized carbons (Fsp3) is 0.682. The van der Waals surface area contributed by atoms with Gasteiger partial charge in [-0.05, 0) is 49.3 Å². The minimum absolute atomic E-state index is 0.0898. The second-order valence-electron chi connectivity index (χ2n) is 8.27. The summed E-state index contributed by atoms with van der Waals surface area (Å²) < 4.78 is 10.7. The average Bonchev–Trinajstić information content (AvgIpc) is 2.72. The van der Waals surface area contributed by atoms with Gasteiger partial charge in [0.05, 0.1) is 26.4 Å². The van der Waals surface area contributed by atoms with Gasteiger partial charge in [-0.3, -0.25) is 9.69 Å². The number of hydrogen-bond acceptors (Lipinski definition) is 4. The molecule has 27 heavy (non-hydrogen) atoms. The summed E-state index contributed by atoms with van der Waals surface area (Å²) in [6.07, 6.45) is 5.14. The number of fused-ring (bicyclic) bond motifs is 1. The van der Waals surface area contributed by atoms with Gasteiger partial charge in [-0.2, -0.15) is 0 Å². The van der Waals surface area contributed by atoms with Crippen LogP contribution >= 0.6 is 0 Å². The van der Waals surface area contributed by atoms with Crippen LogP contribution in [0.5, 0.6) is 5.75 Å². The number of benzene rings is 1. The third-order valence-electron chi connectivity index (χ3n) is 6.97. The fourth-order valence-corrected chi connectivity index (χ4v) is 5.36. The Hall–Kier alpha value is -1.59. The third kappa shape index (κ3) is 3.72. The van der Waals surface area contributed by atoms with Crippen LogP contribution in [0, 0.1) is 11.8 Å². The van der Waals surface area contributed by atoms with Crippen LogP contribution in [0.1, 0.15) is 44.1 Å². The van der Waals surface area contributed by atoms with E-state index in [1.54, 1.807) is 7.11 Å². The van der Waals surface area contributed by atoms with Gasteiger partial charge in [0, 0.05) is 25.0 Å². The number of methoxy groups -OCH3 is 1. The van der Waals surface area contributed by atoms with Gasteiger partial charge in [0.2, 0.25) is 5.91 Å². The topological polar surface area (TPSA) is 50.8 Å². The Morgan fingerprint density at radius 1 is 1.15 bits per heavy atom. The van der Waals surface area contributed by atoms with Crippen LogP contribution in [0.25, 0.3) is 0 Å². The zero-order valence-corrected chi connectivity index (χ0v) is 16.5. The lowest BCUT2D eigenvalue weighted by Gasteiger charge is -2.55. The van der Waals surface area contributed by atoms with Gasteiger partial charge in [0.1, 0.15) is 5.75 Å². The van der Waals surface area contributed by atoms with Gasteiger partial charge < -0.3 is 14.8 Å². The molecule has 5 heteroatoms. The number of hydrogen-bond donors (Lipinski definition) is 1. The lowest BCUT2D eigenvalue weighted by molar-refractivity contribution is -0.131. The van der Waals surface area contributed by atoms with Crippen molar-refractivity contribution in [3.8, 4) is 5.75 Å². The molecule has 2 saturated carbocycles. The molecule has 5 atom stereocenters. The van der Waals surface area contributed by atoms with Crippen LogP contribution in [0.4, 0.5) is 0 Å². The van der Waals surface area contributed by atoms with Crippen LogP contribution in [0.2, 0.25) is 0 Å². The van der Waals surface area contributed by atoms with E-state index in [4.69, 9.17) is 9.47 Å². The van der Waals surface area contributed by atoms with Crippen molar-refractivity contribution >= 4 is 5.91 Å². The van der Waals surface area contributed by atoms with Crippen molar-refractivity contribution in [1.82, 2.24) is 10.2 Å². The molecule has 3 fully saturated rings. The third-order valence-corrected chi connectivity index (χ3v) is 6.97. The Balaban J connectivity index is 1.47. The summed E-state index contributed by atoms with van der Waals surface area (Å²) in [5.41, 5.74) is 1.34. The van der Waals surface area contributed by atoms with Crippen molar-refractivity contribution in [2.45, 2.75) is 50.6 Å². The summed E-state index contributed by atoms with van der Waals surface area (Å²) in [7, 11) is 1.70. The number of carbonyl (C=O) groups excluding carboxylic acids is 1. The minimum atomic E-state index is -0.0898. The summed E-state index contributed by atoms with van der Waals surface area (Å²) in [6, 6.07) is 8.62. The minimum Gasteiger partial charge on any atom is -0.497 e. The van der Waals surface area contributed by atoms with E-state index in [-0.39, 0.29) is 18.0 Å². The molecule has 1 N–H and O–H groups in total. The Labute approximate surface area is 162 Å². The molecule has 1 saturated heterocycles. The second kappa shape index (κ2) is 8.19. The van der Waals surface area contributed by atoms with E-state index in [0.29, 0.717) is 17.8 Å². The van der Waals surface area contributed by atoms with Crippen LogP contribution in [-0.2, 0) is 9.53 Å². The number of nitrogens with one attached hydrogen (secondary N) is 1. The van der Waals surface area contributed by atoms with Crippen molar-refractivity contribution in [3.05, 3.63) is 29.8 Å². The van der Waals surface area contributed by atoms with Gasteiger partial charge >= 0.3 is 0 Å². The average molecular weight is 373 g/mol. The lowest BCUT2D eigenvalue weighted by Crippen LogP contribution is -2.62. The molecule has 1 aromatic rings. The predicted octanol–water partition coefficient (Wildman–Crippen LogP) is 2.80. The van der Waals surface area contributed by atoms with Gasteiger partial charge in [0.25, 0.3) is 0 Å². The molecule has 1 heterocycles. The molecule has 1 aromatic carbocycles. The van der Waals surface area contributed by atoms with Crippen LogP contribution in [-0.4, -0.2) is 56.3 Å². The zero-order chi connectivity index (χ0) is 18.8. The molecule has 0 aromatic heterocycles. The number of morpholine rings is 1. The zero-order valence-electron chi connectivity index (χ0n) is 16.5. The normalized spacial score (nSPS) is 32.1. The molecule has 0 unspecified atom stereocenters. The summed E-state index contributed by atoms with van der Waals surface area (Å²) in [5, 5.41) is 3.44. The largest absolute Gasteiger partial charge is 0.497 e. The quantitative estimate of drug-likeness (QED) is 0.864. The summed E-state index contributed by atoms with van der Waals surface area (Å²) >= 11 is 0. The number of amides is 1. The van der Waals surface area contributed by atoms with E-state index in [1.807, 2.05) is 19.1 Å². The Kier molecular flexibility index (Phi) is 5.69. The highest BCUT2D eigenvalue weighted by atomic mass is 16.5. The predicted molar refractivity (Wildman–Crippen MR) is 105 cm³/mol. The van der Waals surface area contributed by atoms with Gasteiger partial charge in [-0.15, -0.1) is 0 Å². The highest BCUT2D eigenvalue weighted by Gasteiger charge is 2.52. The molecule has 1 aliphatic heterocycles. The summed E-state index contributed by atoms with van der Waals surface area (Å²) in [4.78, 5) is 15.2. The number of rotatable bonds is 5. The fourth-order valence-electron chi connectivity index (χ4n) is 5.36. The van der Waals surface area contributed by atoms with Crippen molar-refractivity contribution in [3.63, 3.8) is 0 Å². The first-order valence-corrected chi connectivity index (χ1v) is 10.4. The van der Waals surface area contributed by atoms with Crippen molar-refractivity contribution in [2.75, 3.05) is 33.4 Å². The van der Waals surface area contributed by atoms with E-state index in [0.717, 1.165) is 32.1 Å². The molecule has 2 aliphatic carbocycles. The first-order chi connectivity index (χ1) is 13.2. The molecule has 1 amide bonds. The van der Waals surface area contributed by atoms with Crippen LogP contribution in [0.3, 0.4) is 0 Å². The standard InChI is InChI=1S/C22H32N2O3/c1-15(24-11-13-27-14-12-24)22(25)23-21-19-6-4-3-5-18(19)20(21)16-7-9-17(26-2)10-8-16/h7-10,15,18-21H,3-6,11-14H2,1-2H3,(H,23,25)/t15-,18-,19+,20+,21+/m1/s1. The SMILES string of the molecule is COc1ccc([C@H]2[C@@H]3CCCC[C@@H]3[C@@H]2NC(=O)[C@@H](C)N2CCOCC2)cc1. The summed E-state index contributed by atoms with van der Waals surface area (Å²) in [6.45, 7) is 5.15. The van der Waals surface area contributed by atoms with Crippen LogP contribution < -0.4 is 10.1 Å². The maximum atomic E-state index is 13.0. The second-order valence-corrected chi connectivity index (χ2v) is 8.27. The van der Waals surface area contributed by atoms with Gasteiger partial charge in [-0.25, -0.2) is 0 Å². The van der Waals surface area contributed by atoms with E-state index in [2.05, 4.69) is 22.3 Å². The van der Waals surface area contributed by atoms with E-state index >= 15 is 0 Å². The molecule has 4 rings (SSSR count). The van der Waals surface area contributed by atoms with E-state index in [1.165, 1.54) is 31.2 Å². The Bertz CT molecular complexity index is 641. The lowest BCUT2D eigenvalue weighted by atomic mass is 9.53.